The first-order valence-electron chi connectivity index (χ1n) is 10.5. The number of nitrogens with zero attached hydrogens (tertiary/aromatic N) is 1. The van der Waals surface area contributed by atoms with Crippen LogP contribution in [0.25, 0.3) is 0 Å². The molecule has 1 N–H and O–H groups in total. The van der Waals surface area contributed by atoms with E-state index in [2.05, 4.69) is 5.32 Å². The Kier molecular flexibility index (Phi) is 6.54. The summed E-state index contributed by atoms with van der Waals surface area (Å²) in [7, 11) is 0. The lowest BCUT2D eigenvalue weighted by molar-refractivity contribution is -0.142. The van der Waals surface area contributed by atoms with Crippen LogP contribution >= 0.6 is 0 Å². The maximum Gasteiger partial charge on any atom is 0.416 e. The molecule has 29 heavy (non-hydrogen) atoms. The van der Waals surface area contributed by atoms with E-state index in [1.165, 1.54) is 6.07 Å². The number of hydrogen-bond acceptors (Lipinski definition) is 2. The summed E-state index contributed by atoms with van der Waals surface area (Å²) in [6.45, 7) is 3.49. The number of hydrogen-bond donors (Lipinski definition) is 1. The highest BCUT2D eigenvalue weighted by molar-refractivity contribution is 5.89. The van der Waals surface area contributed by atoms with Crippen LogP contribution in [0.15, 0.2) is 24.3 Å². The van der Waals surface area contributed by atoms with Gasteiger partial charge < -0.3 is 10.2 Å². The molecule has 1 saturated carbocycles. The Morgan fingerprint density at radius 2 is 1.93 bits per heavy atom. The predicted octanol–water partition coefficient (Wildman–Crippen LogP) is 4.28. The van der Waals surface area contributed by atoms with E-state index in [-0.39, 0.29) is 17.7 Å². The fraction of sp³-hybridized carbons (Fsp3) is 0.636. The maximum absolute atomic E-state index is 13.6. The van der Waals surface area contributed by atoms with Gasteiger partial charge in [0.15, 0.2) is 0 Å². The lowest BCUT2D eigenvalue weighted by Gasteiger charge is -2.39. The molecule has 1 saturated heterocycles. The summed E-state index contributed by atoms with van der Waals surface area (Å²) < 4.78 is 39.7. The van der Waals surface area contributed by atoms with E-state index in [9.17, 15) is 22.8 Å². The summed E-state index contributed by atoms with van der Waals surface area (Å²) in [6.07, 6.45) is 0.607. The molecule has 1 aromatic carbocycles. The predicted molar refractivity (Wildman–Crippen MR) is 104 cm³/mol. The monoisotopic (exact) mass is 410 g/mol. The number of alkyl halides is 3. The van der Waals surface area contributed by atoms with Crippen LogP contribution in [0.3, 0.4) is 0 Å². The molecule has 0 spiro atoms. The zero-order chi connectivity index (χ0) is 21.1. The second-order valence-electron chi connectivity index (χ2n) is 8.25. The van der Waals surface area contributed by atoms with Crippen LogP contribution in [0.4, 0.5) is 13.2 Å². The quantitative estimate of drug-likeness (QED) is 0.788. The molecular formula is C22H29F3N2O2. The Hall–Kier alpha value is -2.05. The molecule has 1 aliphatic heterocycles. The van der Waals surface area contributed by atoms with Gasteiger partial charge in [-0.05, 0) is 43.7 Å². The Morgan fingerprint density at radius 3 is 2.59 bits per heavy atom. The number of halogens is 3. The lowest BCUT2D eigenvalue weighted by Crippen LogP contribution is -2.51. The normalized spacial score (nSPS) is 21.8. The number of rotatable bonds is 5. The Morgan fingerprint density at radius 1 is 1.21 bits per heavy atom. The van der Waals surface area contributed by atoms with Crippen LogP contribution in [-0.4, -0.2) is 36.3 Å². The molecule has 0 bridgehead atoms. The first-order valence-corrected chi connectivity index (χ1v) is 10.5. The van der Waals surface area contributed by atoms with Gasteiger partial charge in [0.05, 0.1) is 16.9 Å². The Labute approximate surface area is 169 Å². The van der Waals surface area contributed by atoms with Crippen molar-refractivity contribution in [2.75, 3.05) is 19.6 Å². The van der Waals surface area contributed by atoms with Gasteiger partial charge in [-0.3, -0.25) is 9.59 Å². The summed E-state index contributed by atoms with van der Waals surface area (Å²) in [6, 6.07) is 5.22. The highest BCUT2D eigenvalue weighted by Crippen LogP contribution is 2.44. The number of carbonyl (C=O) groups is 2. The van der Waals surface area contributed by atoms with Crippen molar-refractivity contribution >= 4 is 11.8 Å². The topological polar surface area (TPSA) is 49.4 Å². The summed E-state index contributed by atoms with van der Waals surface area (Å²) in [5.41, 5.74) is -1.18. The van der Waals surface area contributed by atoms with Gasteiger partial charge in [-0.2, -0.15) is 13.2 Å². The molecular weight excluding hydrogens is 381 g/mol. The minimum Gasteiger partial charge on any atom is -0.356 e. The van der Waals surface area contributed by atoms with Crippen LogP contribution in [0.1, 0.15) is 63.0 Å². The third-order valence-electron chi connectivity index (χ3n) is 6.24. The molecule has 1 aliphatic carbocycles. The molecule has 3 rings (SSSR count). The molecule has 7 heteroatoms. The van der Waals surface area contributed by atoms with E-state index in [0.717, 1.165) is 44.2 Å². The van der Waals surface area contributed by atoms with Gasteiger partial charge in [-0.15, -0.1) is 0 Å². The smallest absolute Gasteiger partial charge is 0.356 e. The van der Waals surface area contributed by atoms with E-state index in [0.29, 0.717) is 38.0 Å². The van der Waals surface area contributed by atoms with Crippen molar-refractivity contribution in [1.29, 1.82) is 0 Å². The second kappa shape index (κ2) is 8.76. The van der Waals surface area contributed by atoms with E-state index in [1.807, 2.05) is 6.92 Å². The highest BCUT2D eigenvalue weighted by Gasteiger charge is 2.47. The van der Waals surface area contributed by atoms with Crippen molar-refractivity contribution in [2.45, 2.75) is 63.5 Å². The number of carbonyl (C=O) groups excluding carboxylic acids is 2. The maximum atomic E-state index is 13.6. The number of benzene rings is 1. The fourth-order valence-corrected chi connectivity index (χ4v) is 4.67. The molecule has 1 heterocycles. The number of piperidine rings is 1. The first kappa shape index (κ1) is 21.7. The van der Waals surface area contributed by atoms with Gasteiger partial charge in [-0.1, -0.05) is 38.0 Å². The molecule has 2 aliphatic rings. The average molecular weight is 410 g/mol. The number of likely N-dealkylation sites (tertiary alicyclic amines) is 1. The molecule has 1 aromatic rings. The van der Waals surface area contributed by atoms with Crippen LogP contribution in [0.5, 0.6) is 0 Å². The van der Waals surface area contributed by atoms with Crippen molar-refractivity contribution in [3.05, 3.63) is 35.4 Å². The van der Waals surface area contributed by atoms with E-state index >= 15 is 0 Å². The second-order valence-corrected chi connectivity index (χ2v) is 8.25. The fourth-order valence-electron chi connectivity index (χ4n) is 4.67. The summed E-state index contributed by atoms with van der Waals surface area (Å²) in [4.78, 5) is 27.7. The Balaban J connectivity index is 1.84. The van der Waals surface area contributed by atoms with Gasteiger partial charge in [-0.25, -0.2) is 0 Å². The molecule has 0 radical (unpaired) electrons. The molecule has 0 aromatic heterocycles. The van der Waals surface area contributed by atoms with Gasteiger partial charge >= 0.3 is 6.18 Å². The van der Waals surface area contributed by atoms with Gasteiger partial charge in [0.25, 0.3) is 0 Å². The zero-order valence-electron chi connectivity index (χ0n) is 16.9. The van der Waals surface area contributed by atoms with Gasteiger partial charge in [0.2, 0.25) is 11.8 Å². The number of nitrogens with one attached hydrogen (secondary N) is 1. The lowest BCUT2D eigenvalue weighted by atomic mass is 9.76. The molecule has 1 atom stereocenters. The van der Waals surface area contributed by atoms with Crippen molar-refractivity contribution in [3.63, 3.8) is 0 Å². The van der Waals surface area contributed by atoms with Crippen molar-refractivity contribution < 1.29 is 22.8 Å². The Bertz CT molecular complexity index is 742. The zero-order valence-corrected chi connectivity index (χ0v) is 16.9. The van der Waals surface area contributed by atoms with Gasteiger partial charge in [0.1, 0.15) is 0 Å². The SMILES string of the molecule is CCCNC(=O)[C@H]1CCCN(C(=O)C2(c3cccc(C(F)(F)F)c3)CCCC2)C1. The third-order valence-corrected chi connectivity index (χ3v) is 6.24. The van der Waals surface area contributed by atoms with Crippen LogP contribution in [0.2, 0.25) is 0 Å². The molecule has 2 amide bonds. The molecule has 2 fully saturated rings. The minimum absolute atomic E-state index is 0.0381. The average Bonchev–Trinajstić information content (AvgIpc) is 3.22. The summed E-state index contributed by atoms with van der Waals surface area (Å²) >= 11 is 0. The largest absolute Gasteiger partial charge is 0.416 e. The van der Waals surface area contributed by atoms with E-state index in [4.69, 9.17) is 0 Å². The highest BCUT2D eigenvalue weighted by atomic mass is 19.4. The molecule has 4 nitrogen and oxygen atoms in total. The summed E-state index contributed by atoms with van der Waals surface area (Å²) in [5, 5.41) is 2.89. The van der Waals surface area contributed by atoms with Crippen LogP contribution in [0, 0.1) is 5.92 Å². The summed E-state index contributed by atoms with van der Waals surface area (Å²) in [5.74, 6) is -0.412. The minimum atomic E-state index is -4.44. The van der Waals surface area contributed by atoms with Crippen molar-refractivity contribution in [2.24, 2.45) is 5.92 Å². The number of amides is 2. The first-order chi connectivity index (χ1) is 13.8. The van der Waals surface area contributed by atoms with E-state index in [1.54, 1.807) is 11.0 Å². The third kappa shape index (κ3) is 4.59. The van der Waals surface area contributed by atoms with Gasteiger partial charge in [0, 0.05) is 19.6 Å². The van der Waals surface area contributed by atoms with E-state index < -0.39 is 17.2 Å². The van der Waals surface area contributed by atoms with Crippen LogP contribution in [-0.2, 0) is 21.2 Å². The van der Waals surface area contributed by atoms with Crippen molar-refractivity contribution in [1.82, 2.24) is 10.2 Å². The standard InChI is InChI=1S/C22H29F3N2O2/c1-2-12-26-19(28)16-7-6-13-27(15-16)20(29)21(10-3-4-11-21)17-8-5-9-18(14-17)22(23,24)25/h5,8-9,14,16H,2-4,6-7,10-13,15H2,1H3,(H,26,28)/t16-/m0/s1. The molecule has 0 unspecified atom stereocenters. The molecule has 160 valence electrons. The van der Waals surface area contributed by atoms with Crippen LogP contribution < -0.4 is 5.32 Å². The van der Waals surface area contributed by atoms with Crippen molar-refractivity contribution in [3.8, 4) is 0 Å².